The van der Waals surface area contributed by atoms with Crippen molar-refractivity contribution in [3.05, 3.63) is 77.9 Å². The van der Waals surface area contributed by atoms with Gasteiger partial charge in [0.05, 0.1) is 13.2 Å². The standard InChI is InChI=1S/C26H26N2O2/c1-3-24(29)27-17-12-13-22-21(15-17)19-9-6-10-20(19)26(28-22)25-18-8-5-4-7-16(18)11-14-23(25)30-2/h4-9,11-15,19-20,26,28H,3,10H2,1-2H3,(H,27,29). The van der Waals surface area contributed by atoms with E-state index in [9.17, 15) is 4.79 Å². The average Bonchev–Trinajstić information content (AvgIpc) is 3.28. The Kier molecular flexibility index (Phi) is 4.70. The fourth-order valence-corrected chi connectivity index (χ4v) is 4.98. The summed E-state index contributed by atoms with van der Waals surface area (Å²) >= 11 is 0. The van der Waals surface area contributed by atoms with Crippen LogP contribution in [0.25, 0.3) is 10.8 Å². The molecule has 1 heterocycles. The number of benzene rings is 3. The van der Waals surface area contributed by atoms with E-state index in [1.54, 1.807) is 7.11 Å². The molecule has 152 valence electrons. The van der Waals surface area contributed by atoms with Gasteiger partial charge in [-0.3, -0.25) is 4.79 Å². The lowest BCUT2D eigenvalue weighted by Crippen LogP contribution is -2.29. The summed E-state index contributed by atoms with van der Waals surface area (Å²) < 4.78 is 5.81. The van der Waals surface area contributed by atoms with Crippen LogP contribution in [0, 0.1) is 5.92 Å². The summed E-state index contributed by atoms with van der Waals surface area (Å²) in [5.74, 6) is 1.67. The molecule has 0 radical (unpaired) electrons. The van der Waals surface area contributed by atoms with Crippen molar-refractivity contribution in [3.8, 4) is 5.75 Å². The van der Waals surface area contributed by atoms with Crippen LogP contribution in [0.2, 0.25) is 0 Å². The predicted molar refractivity (Wildman–Crippen MR) is 122 cm³/mol. The zero-order valence-corrected chi connectivity index (χ0v) is 17.3. The second-order valence-corrected chi connectivity index (χ2v) is 8.08. The Morgan fingerprint density at radius 2 is 2.03 bits per heavy atom. The van der Waals surface area contributed by atoms with Gasteiger partial charge in [-0.25, -0.2) is 0 Å². The van der Waals surface area contributed by atoms with Gasteiger partial charge in [0.25, 0.3) is 0 Å². The third-order valence-electron chi connectivity index (χ3n) is 6.43. The van der Waals surface area contributed by atoms with Crippen molar-refractivity contribution in [2.45, 2.75) is 31.7 Å². The molecule has 4 heteroatoms. The smallest absolute Gasteiger partial charge is 0.224 e. The zero-order chi connectivity index (χ0) is 20.7. The van der Waals surface area contributed by atoms with Gasteiger partial charge in [0.1, 0.15) is 5.75 Å². The van der Waals surface area contributed by atoms with Crippen molar-refractivity contribution in [3.63, 3.8) is 0 Å². The van der Waals surface area contributed by atoms with E-state index in [0.717, 1.165) is 23.5 Å². The fourth-order valence-electron chi connectivity index (χ4n) is 4.98. The van der Waals surface area contributed by atoms with E-state index in [1.807, 2.05) is 13.0 Å². The van der Waals surface area contributed by atoms with Crippen LogP contribution in [0.15, 0.2) is 66.7 Å². The minimum atomic E-state index is 0.0376. The number of nitrogens with one attached hydrogen (secondary N) is 2. The normalized spacial score (nSPS) is 21.6. The Morgan fingerprint density at radius 1 is 1.17 bits per heavy atom. The largest absolute Gasteiger partial charge is 0.496 e. The molecule has 3 unspecified atom stereocenters. The van der Waals surface area contributed by atoms with Crippen molar-refractivity contribution in [1.82, 2.24) is 0 Å². The Morgan fingerprint density at radius 3 is 2.87 bits per heavy atom. The van der Waals surface area contributed by atoms with Crippen LogP contribution in [0.3, 0.4) is 0 Å². The van der Waals surface area contributed by atoms with Gasteiger partial charge in [0, 0.05) is 29.3 Å². The van der Waals surface area contributed by atoms with Crippen molar-refractivity contribution in [2.24, 2.45) is 5.92 Å². The van der Waals surface area contributed by atoms with E-state index in [-0.39, 0.29) is 11.9 Å². The van der Waals surface area contributed by atoms with Crippen LogP contribution in [0.5, 0.6) is 5.75 Å². The van der Waals surface area contributed by atoms with Crippen LogP contribution < -0.4 is 15.4 Å². The molecule has 0 fully saturated rings. The molecule has 0 spiro atoms. The van der Waals surface area contributed by atoms with Gasteiger partial charge in [-0.05, 0) is 52.9 Å². The molecule has 0 saturated heterocycles. The van der Waals surface area contributed by atoms with Gasteiger partial charge in [-0.2, -0.15) is 0 Å². The lowest BCUT2D eigenvalue weighted by atomic mass is 9.76. The molecular weight excluding hydrogens is 372 g/mol. The van der Waals surface area contributed by atoms with Crippen LogP contribution in [-0.4, -0.2) is 13.0 Å². The Hall–Kier alpha value is -3.27. The highest BCUT2D eigenvalue weighted by Gasteiger charge is 2.39. The molecule has 1 aliphatic heterocycles. The maximum absolute atomic E-state index is 11.9. The van der Waals surface area contributed by atoms with E-state index in [4.69, 9.17) is 4.74 Å². The van der Waals surface area contributed by atoms with Crippen molar-refractivity contribution >= 4 is 28.1 Å². The average molecular weight is 399 g/mol. The number of methoxy groups -OCH3 is 1. The SMILES string of the molecule is CCC(=O)Nc1ccc2c(c1)C1C=CCC1C(c1c(OC)ccc3ccccc13)N2. The number of rotatable bonds is 4. The topological polar surface area (TPSA) is 50.4 Å². The Labute approximate surface area is 176 Å². The summed E-state index contributed by atoms with van der Waals surface area (Å²) in [5.41, 5.74) is 4.46. The fraction of sp³-hybridized carbons (Fsp3) is 0.269. The number of fused-ring (bicyclic) bond motifs is 4. The summed E-state index contributed by atoms with van der Waals surface area (Å²) in [4.78, 5) is 11.9. The zero-order valence-electron chi connectivity index (χ0n) is 17.3. The maximum Gasteiger partial charge on any atom is 0.224 e. The van der Waals surface area contributed by atoms with Gasteiger partial charge in [-0.15, -0.1) is 0 Å². The molecule has 1 aliphatic carbocycles. The highest BCUT2D eigenvalue weighted by Crippen LogP contribution is 2.52. The molecule has 5 rings (SSSR count). The molecule has 3 atom stereocenters. The minimum Gasteiger partial charge on any atom is -0.496 e. The predicted octanol–water partition coefficient (Wildman–Crippen LogP) is 6.02. The summed E-state index contributed by atoms with van der Waals surface area (Å²) in [6, 6.07) is 19.1. The summed E-state index contributed by atoms with van der Waals surface area (Å²) in [6.45, 7) is 1.87. The Bertz CT molecular complexity index is 1150. The first-order chi connectivity index (χ1) is 14.7. The Balaban J connectivity index is 1.61. The molecule has 0 aromatic heterocycles. The van der Waals surface area contributed by atoms with E-state index in [1.165, 1.54) is 21.9 Å². The molecule has 30 heavy (non-hydrogen) atoms. The van der Waals surface area contributed by atoms with Crippen LogP contribution >= 0.6 is 0 Å². The van der Waals surface area contributed by atoms with Crippen molar-refractivity contribution in [1.29, 1.82) is 0 Å². The number of ether oxygens (including phenoxy) is 1. The number of hydrogen-bond acceptors (Lipinski definition) is 3. The first-order valence-electron chi connectivity index (χ1n) is 10.6. The lowest BCUT2D eigenvalue weighted by Gasteiger charge is -2.38. The van der Waals surface area contributed by atoms with Gasteiger partial charge in [0.15, 0.2) is 0 Å². The molecule has 2 N–H and O–H groups in total. The first-order valence-corrected chi connectivity index (χ1v) is 10.6. The lowest BCUT2D eigenvalue weighted by molar-refractivity contribution is -0.115. The third-order valence-corrected chi connectivity index (χ3v) is 6.43. The highest BCUT2D eigenvalue weighted by molar-refractivity contribution is 5.91. The van der Waals surface area contributed by atoms with Gasteiger partial charge in [0.2, 0.25) is 5.91 Å². The monoisotopic (exact) mass is 398 g/mol. The molecule has 2 aliphatic rings. The van der Waals surface area contributed by atoms with Crippen molar-refractivity contribution < 1.29 is 9.53 Å². The third kappa shape index (κ3) is 3.04. The van der Waals surface area contributed by atoms with Crippen molar-refractivity contribution in [2.75, 3.05) is 17.7 Å². The number of carbonyl (C=O) groups excluding carboxylic acids is 1. The van der Waals surface area contributed by atoms with Crippen LogP contribution in [-0.2, 0) is 4.79 Å². The second kappa shape index (κ2) is 7.52. The highest BCUT2D eigenvalue weighted by atomic mass is 16.5. The molecule has 0 saturated carbocycles. The maximum atomic E-state index is 11.9. The quantitative estimate of drug-likeness (QED) is 0.528. The van der Waals surface area contributed by atoms with Gasteiger partial charge in [-0.1, -0.05) is 49.4 Å². The number of carbonyl (C=O) groups is 1. The molecule has 3 aromatic carbocycles. The first kappa shape index (κ1) is 18.7. The molecule has 3 aromatic rings. The molecular formula is C26H26N2O2. The van der Waals surface area contributed by atoms with Gasteiger partial charge >= 0.3 is 0 Å². The molecule has 1 amide bonds. The van der Waals surface area contributed by atoms with E-state index < -0.39 is 0 Å². The molecule has 4 nitrogen and oxygen atoms in total. The number of allylic oxidation sites excluding steroid dienone is 2. The van der Waals surface area contributed by atoms with E-state index in [0.29, 0.717) is 18.3 Å². The van der Waals surface area contributed by atoms with E-state index in [2.05, 4.69) is 71.3 Å². The minimum absolute atomic E-state index is 0.0376. The van der Waals surface area contributed by atoms with E-state index >= 15 is 0 Å². The second-order valence-electron chi connectivity index (χ2n) is 8.08. The number of hydrogen-bond donors (Lipinski definition) is 2. The summed E-state index contributed by atoms with van der Waals surface area (Å²) in [6.07, 6.45) is 6.10. The van der Waals surface area contributed by atoms with Crippen LogP contribution in [0.4, 0.5) is 11.4 Å². The summed E-state index contributed by atoms with van der Waals surface area (Å²) in [5, 5.41) is 9.26. The summed E-state index contributed by atoms with van der Waals surface area (Å²) in [7, 11) is 1.75. The van der Waals surface area contributed by atoms with Crippen LogP contribution in [0.1, 0.15) is 42.9 Å². The number of anilines is 2. The molecule has 0 bridgehead atoms. The van der Waals surface area contributed by atoms with Gasteiger partial charge < -0.3 is 15.4 Å². The number of amides is 1.